The molecule has 174 valence electrons. The lowest BCUT2D eigenvalue weighted by Crippen LogP contribution is -2.56. The molecule has 2 aliphatic carbocycles. The fraction of sp³-hybridized carbons (Fsp3) is 0.800. The van der Waals surface area contributed by atoms with Crippen LogP contribution in [0.5, 0.6) is 0 Å². The molecule has 4 atom stereocenters. The van der Waals surface area contributed by atoms with Gasteiger partial charge in [-0.05, 0) is 49.7 Å². The Labute approximate surface area is 180 Å². The van der Waals surface area contributed by atoms with Crippen LogP contribution in [-0.2, 0) is 16.2 Å². The normalized spacial score (nSPS) is 33.8. The molecule has 0 spiro atoms. The molecule has 1 aliphatic heterocycles. The molecule has 31 heavy (non-hydrogen) atoms. The smallest absolute Gasteiger partial charge is 0.392 e. The number of aliphatic hydroxyl groups is 1. The maximum atomic E-state index is 13.3. The highest BCUT2D eigenvalue weighted by molar-refractivity contribution is 7.89. The van der Waals surface area contributed by atoms with Crippen molar-refractivity contribution in [1.82, 2.24) is 14.5 Å². The van der Waals surface area contributed by atoms with Gasteiger partial charge in [-0.2, -0.15) is 17.5 Å². The standard InChI is InChI=1S/C20H29F3N4O3S/c1-13-11-26(8-9-27(13)17-5-4-15(24-25-17)20(21,22)23)31(29,30)12-19-7-6-14(10-16(19)28)18(19,2)3/h4-5,13-14,16,28H,6-12H2,1-3H3/t13-,14+,16?,19+/m0/s1. The summed E-state index contributed by atoms with van der Waals surface area (Å²) in [6, 6.07) is 1.88. The Hall–Kier alpha value is -1.46. The maximum absolute atomic E-state index is 13.3. The Kier molecular flexibility index (Phi) is 5.33. The SMILES string of the molecule is C[C@H]1CN(S(=O)(=O)C[C@]23CC[C@H](CC2O)C3(C)C)CCN1c1ccc(C(F)(F)F)nn1. The molecular weight excluding hydrogens is 433 g/mol. The molecule has 4 rings (SSSR count). The number of halogens is 3. The molecule has 1 unspecified atom stereocenters. The summed E-state index contributed by atoms with van der Waals surface area (Å²) in [6.07, 6.45) is -2.87. The average Bonchev–Trinajstić information content (AvgIpc) is 3.01. The number of sulfonamides is 1. The van der Waals surface area contributed by atoms with Gasteiger partial charge in [-0.15, -0.1) is 10.2 Å². The Bertz CT molecular complexity index is 938. The van der Waals surface area contributed by atoms with Gasteiger partial charge in [-0.3, -0.25) is 0 Å². The van der Waals surface area contributed by atoms with E-state index in [-0.39, 0.29) is 30.3 Å². The fourth-order valence-electron chi connectivity index (χ4n) is 5.94. The molecule has 1 N–H and O–H groups in total. The third-order valence-electron chi connectivity index (χ3n) is 8.05. The Morgan fingerprint density at radius 2 is 1.94 bits per heavy atom. The summed E-state index contributed by atoms with van der Waals surface area (Å²) in [4.78, 5) is 1.78. The second-order valence-electron chi connectivity index (χ2n) is 9.80. The monoisotopic (exact) mass is 462 g/mol. The number of hydrogen-bond donors (Lipinski definition) is 1. The molecule has 3 fully saturated rings. The van der Waals surface area contributed by atoms with Crippen molar-refractivity contribution in [2.45, 2.75) is 58.4 Å². The number of fused-ring (bicyclic) bond motifs is 2. The van der Waals surface area contributed by atoms with E-state index in [0.717, 1.165) is 12.5 Å². The summed E-state index contributed by atoms with van der Waals surface area (Å²) < 4.78 is 66.3. The first kappa shape index (κ1) is 22.7. The summed E-state index contributed by atoms with van der Waals surface area (Å²) >= 11 is 0. The van der Waals surface area contributed by atoms with E-state index in [1.54, 1.807) is 4.90 Å². The van der Waals surface area contributed by atoms with Crippen LogP contribution in [0.25, 0.3) is 0 Å². The molecule has 2 bridgehead atoms. The number of piperazine rings is 1. The van der Waals surface area contributed by atoms with Gasteiger partial charge in [0.15, 0.2) is 11.5 Å². The van der Waals surface area contributed by atoms with Gasteiger partial charge in [0.1, 0.15) is 0 Å². The molecule has 3 aliphatic rings. The molecule has 1 aromatic rings. The van der Waals surface area contributed by atoms with Gasteiger partial charge < -0.3 is 10.0 Å². The number of anilines is 1. The van der Waals surface area contributed by atoms with Crippen LogP contribution in [0.3, 0.4) is 0 Å². The van der Waals surface area contributed by atoms with Crippen molar-refractivity contribution < 1.29 is 26.7 Å². The molecule has 0 radical (unpaired) electrons. The van der Waals surface area contributed by atoms with Crippen LogP contribution in [0.1, 0.15) is 45.7 Å². The molecule has 1 saturated heterocycles. The van der Waals surface area contributed by atoms with Crippen molar-refractivity contribution in [2.75, 3.05) is 30.3 Å². The maximum Gasteiger partial charge on any atom is 0.435 e. The van der Waals surface area contributed by atoms with Crippen LogP contribution in [0.15, 0.2) is 12.1 Å². The van der Waals surface area contributed by atoms with Gasteiger partial charge in [0.05, 0.1) is 11.9 Å². The van der Waals surface area contributed by atoms with E-state index in [1.165, 1.54) is 10.4 Å². The number of rotatable bonds is 4. The fourth-order valence-corrected chi connectivity index (χ4v) is 8.29. The van der Waals surface area contributed by atoms with Gasteiger partial charge in [0, 0.05) is 31.1 Å². The largest absolute Gasteiger partial charge is 0.435 e. The quantitative estimate of drug-likeness (QED) is 0.740. The summed E-state index contributed by atoms with van der Waals surface area (Å²) in [6.45, 7) is 6.69. The Balaban J connectivity index is 1.47. The van der Waals surface area contributed by atoms with E-state index in [2.05, 4.69) is 24.0 Å². The number of hydrogen-bond acceptors (Lipinski definition) is 6. The highest BCUT2D eigenvalue weighted by Gasteiger charge is 2.65. The summed E-state index contributed by atoms with van der Waals surface area (Å²) in [5.41, 5.74) is -1.92. The topological polar surface area (TPSA) is 86.6 Å². The third kappa shape index (κ3) is 3.62. The van der Waals surface area contributed by atoms with Crippen LogP contribution in [-0.4, -0.2) is 65.6 Å². The Morgan fingerprint density at radius 3 is 2.42 bits per heavy atom. The summed E-state index contributed by atoms with van der Waals surface area (Å²) in [5.74, 6) is 0.561. The molecule has 1 aromatic heterocycles. The zero-order valence-electron chi connectivity index (χ0n) is 17.9. The first-order valence-corrected chi connectivity index (χ1v) is 12.2. The van der Waals surface area contributed by atoms with E-state index in [4.69, 9.17) is 0 Å². The third-order valence-corrected chi connectivity index (χ3v) is 10.0. The van der Waals surface area contributed by atoms with Crippen LogP contribution >= 0.6 is 0 Å². The van der Waals surface area contributed by atoms with Crippen molar-refractivity contribution in [3.63, 3.8) is 0 Å². The van der Waals surface area contributed by atoms with Crippen molar-refractivity contribution >= 4 is 15.8 Å². The van der Waals surface area contributed by atoms with Gasteiger partial charge in [0.2, 0.25) is 10.0 Å². The van der Waals surface area contributed by atoms with Crippen molar-refractivity contribution in [3.8, 4) is 0 Å². The summed E-state index contributed by atoms with van der Waals surface area (Å²) in [7, 11) is -3.62. The van der Waals surface area contributed by atoms with Crippen molar-refractivity contribution in [3.05, 3.63) is 17.8 Å². The van der Waals surface area contributed by atoms with Crippen LogP contribution in [0.4, 0.5) is 19.0 Å². The van der Waals surface area contributed by atoms with Crippen LogP contribution in [0.2, 0.25) is 0 Å². The van der Waals surface area contributed by atoms with Gasteiger partial charge in [0.25, 0.3) is 0 Å². The van der Waals surface area contributed by atoms with Crippen LogP contribution < -0.4 is 4.90 Å². The Morgan fingerprint density at radius 1 is 1.23 bits per heavy atom. The highest BCUT2D eigenvalue weighted by atomic mass is 32.2. The van der Waals surface area contributed by atoms with E-state index in [0.29, 0.717) is 31.1 Å². The number of aromatic nitrogens is 2. The molecule has 2 heterocycles. The predicted molar refractivity (Wildman–Crippen MR) is 109 cm³/mol. The average molecular weight is 463 g/mol. The number of nitrogens with zero attached hydrogens (tertiary/aromatic N) is 4. The molecule has 0 aromatic carbocycles. The minimum atomic E-state index is -4.55. The summed E-state index contributed by atoms with van der Waals surface area (Å²) in [5, 5.41) is 17.7. The van der Waals surface area contributed by atoms with E-state index in [1.807, 2.05) is 6.92 Å². The van der Waals surface area contributed by atoms with E-state index >= 15 is 0 Å². The van der Waals surface area contributed by atoms with Gasteiger partial charge >= 0.3 is 6.18 Å². The van der Waals surface area contributed by atoms with E-state index < -0.39 is 33.4 Å². The first-order valence-electron chi connectivity index (χ1n) is 10.6. The lowest BCUT2D eigenvalue weighted by Gasteiger charge is -2.44. The lowest BCUT2D eigenvalue weighted by molar-refractivity contribution is -0.141. The minimum Gasteiger partial charge on any atom is -0.392 e. The number of alkyl halides is 3. The van der Waals surface area contributed by atoms with Gasteiger partial charge in [-0.25, -0.2) is 8.42 Å². The zero-order chi connectivity index (χ0) is 22.8. The molecule has 7 nitrogen and oxygen atoms in total. The van der Waals surface area contributed by atoms with E-state index in [9.17, 15) is 26.7 Å². The van der Waals surface area contributed by atoms with Crippen LogP contribution in [0, 0.1) is 16.7 Å². The predicted octanol–water partition coefficient (Wildman–Crippen LogP) is 2.52. The zero-order valence-corrected chi connectivity index (χ0v) is 18.7. The molecule has 0 amide bonds. The second-order valence-corrected chi connectivity index (χ2v) is 11.8. The molecule has 11 heteroatoms. The lowest BCUT2D eigenvalue weighted by atomic mass is 9.70. The van der Waals surface area contributed by atoms with Crippen molar-refractivity contribution in [1.29, 1.82) is 0 Å². The number of aliphatic hydroxyl groups excluding tert-OH is 1. The highest BCUT2D eigenvalue weighted by Crippen LogP contribution is 2.66. The minimum absolute atomic E-state index is 0.0720. The first-order chi connectivity index (χ1) is 14.3. The molecular formula is C20H29F3N4O3S. The van der Waals surface area contributed by atoms with Crippen molar-refractivity contribution in [2.24, 2.45) is 16.7 Å². The second kappa shape index (κ2) is 7.28. The van der Waals surface area contributed by atoms with Gasteiger partial charge in [-0.1, -0.05) is 13.8 Å². The molecule has 2 saturated carbocycles.